The number of hydrogen-bond donors (Lipinski definition) is 2. The van der Waals surface area contributed by atoms with E-state index in [1.165, 1.54) is 0 Å². The van der Waals surface area contributed by atoms with Gasteiger partial charge in [0.2, 0.25) is 6.41 Å². The van der Waals surface area contributed by atoms with Crippen molar-refractivity contribution in [1.29, 1.82) is 0 Å². The minimum absolute atomic E-state index is 0.276. The number of aromatic nitrogens is 3. The number of carbonyl (C=O) groups is 2. The molecule has 2 aromatic heterocycles. The minimum Gasteiger partial charge on any atom is -0.493 e. The zero-order valence-electron chi connectivity index (χ0n) is 26.6. The molecule has 0 aliphatic carbocycles. The zero-order chi connectivity index (χ0) is 31.5. The van der Waals surface area contributed by atoms with Crippen molar-refractivity contribution in [3.63, 3.8) is 0 Å². The van der Waals surface area contributed by atoms with Crippen molar-refractivity contribution in [3.8, 4) is 5.75 Å². The lowest BCUT2D eigenvalue weighted by atomic mass is 10.1. The lowest BCUT2D eigenvalue weighted by Crippen LogP contribution is -2.25. The van der Waals surface area contributed by atoms with E-state index in [9.17, 15) is 9.59 Å². The van der Waals surface area contributed by atoms with Gasteiger partial charge in [-0.05, 0) is 65.1 Å². The van der Waals surface area contributed by atoms with Gasteiger partial charge in [-0.15, -0.1) is 0 Å². The summed E-state index contributed by atoms with van der Waals surface area (Å²) in [6.45, 7) is 19.0. The third kappa shape index (κ3) is 11.4. The Morgan fingerprint density at radius 3 is 2.31 bits per heavy atom. The molecule has 42 heavy (non-hydrogen) atoms. The molecule has 236 valence electrons. The summed E-state index contributed by atoms with van der Waals surface area (Å²) in [5.74, 6) is 2.02. The first-order valence-electron chi connectivity index (χ1n) is 15.0. The van der Waals surface area contributed by atoms with Crippen molar-refractivity contribution in [2.75, 3.05) is 38.6 Å². The number of nitrogens with two attached hydrogens (primary N) is 2. The van der Waals surface area contributed by atoms with Gasteiger partial charge in [0.1, 0.15) is 29.3 Å². The van der Waals surface area contributed by atoms with Gasteiger partial charge in [0.05, 0.1) is 17.6 Å². The Hall–Kier alpha value is -3.44. The van der Waals surface area contributed by atoms with Crippen LogP contribution < -0.4 is 16.2 Å². The van der Waals surface area contributed by atoms with E-state index in [0.717, 1.165) is 79.7 Å². The van der Waals surface area contributed by atoms with Crippen LogP contribution in [-0.4, -0.2) is 70.8 Å². The van der Waals surface area contributed by atoms with E-state index in [-0.39, 0.29) is 5.60 Å². The molecule has 0 fully saturated rings. The van der Waals surface area contributed by atoms with Crippen LogP contribution in [0.2, 0.25) is 0 Å². The Bertz CT molecular complexity index is 1210. The number of nitrogens with zero attached hydrogens (tertiary/aromatic N) is 4. The van der Waals surface area contributed by atoms with Crippen LogP contribution in [-0.2, 0) is 32.2 Å². The standard InChI is InChI=1S/C23H33N5O3.C6H12O2.C2H7N/c1-4-10-27(16-29)12-7-13-31-17-8-9-18-19(14-17)25-23(24)21-22(18)28(11-5-2)20(26-21)15-30-6-3;1-4-6(2,3)8-5-7;1-2-3/h8-9,14,16H,4-7,10-13,15H2,1-3H3,(H2,24,25);5H,4H2,1-3H3;2-3H2,1H3. The minimum atomic E-state index is -0.276. The van der Waals surface area contributed by atoms with Gasteiger partial charge in [0.25, 0.3) is 6.47 Å². The van der Waals surface area contributed by atoms with Crippen molar-refractivity contribution >= 4 is 40.6 Å². The fourth-order valence-corrected chi connectivity index (χ4v) is 3.97. The van der Waals surface area contributed by atoms with Crippen LogP contribution in [0, 0.1) is 0 Å². The average Bonchev–Trinajstić information content (AvgIpc) is 3.33. The van der Waals surface area contributed by atoms with Crippen LogP contribution in [0.4, 0.5) is 5.82 Å². The largest absolute Gasteiger partial charge is 0.493 e. The van der Waals surface area contributed by atoms with Gasteiger partial charge in [0.15, 0.2) is 5.82 Å². The van der Waals surface area contributed by atoms with Gasteiger partial charge in [0, 0.05) is 37.7 Å². The molecule has 0 aliphatic heterocycles. The maximum absolute atomic E-state index is 11.0. The fraction of sp³-hybridized carbons (Fsp3) is 0.613. The number of carbonyl (C=O) groups excluding carboxylic acids is 2. The Morgan fingerprint density at radius 1 is 1.05 bits per heavy atom. The molecule has 0 bridgehead atoms. The van der Waals surface area contributed by atoms with Crippen LogP contribution >= 0.6 is 0 Å². The fourth-order valence-electron chi connectivity index (χ4n) is 3.97. The quantitative estimate of drug-likeness (QED) is 0.173. The normalized spacial score (nSPS) is 10.9. The maximum atomic E-state index is 11.0. The van der Waals surface area contributed by atoms with Crippen LogP contribution in [0.25, 0.3) is 21.9 Å². The number of pyridine rings is 1. The molecule has 11 nitrogen and oxygen atoms in total. The number of imidazole rings is 1. The maximum Gasteiger partial charge on any atom is 0.293 e. The summed E-state index contributed by atoms with van der Waals surface area (Å²) in [4.78, 5) is 31.9. The van der Waals surface area contributed by atoms with Crippen molar-refractivity contribution in [3.05, 3.63) is 24.0 Å². The predicted molar refractivity (Wildman–Crippen MR) is 169 cm³/mol. The molecule has 0 saturated heterocycles. The predicted octanol–water partition coefficient (Wildman–Crippen LogP) is 5.06. The van der Waals surface area contributed by atoms with E-state index in [1.807, 2.05) is 52.8 Å². The van der Waals surface area contributed by atoms with E-state index in [1.54, 1.807) is 4.90 Å². The molecular weight excluding hydrogens is 536 g/mol. The van der Waals surface area contributed by atoms with Crippen molar-refractivity contribution in [2.24, 2.45) is 5.73 Å². The summed E-state index contributed by atoms with van der Waals surface area (Å²) in [6.07, 6.45) is 4.45. The van der Waals surface area contributed by atoms with Gasteiger partial charge in [-0.2, -0.15) is 0 Å². The molecule has 0 spiro atoms. The molecule has 3 rings (SSSR count). The highest BCUT2D eigenvalue weighted by molar-refractivity contribution is 6.06. The lowest BCUT2D eigenvalue weighted by Gasteiger charge is -2.19. The number of amides is 1. The number of benzene rings is 1. The van der Waals surface area contributed by atoms with Crippen LogP contribution in [0.15, 0.2) is 18.2 Å². The Balaban J connectivity index is 0.000000684. The molecular formula is C31H52N6O5. The monoisotopic (exact) mass is 588 g/mol. The molecule has 3 aromatic rings. The Morgan fingerprint density at radius 2 is 1.76 bits per heavy atom. The summed E-state index contributed by atoms with van der Waals surface area (Å²) in [5.41, 5.74) is 13.3. The first-order valence-corrected chi connectivity index (χ1v) is 15.0. The second-order valence-electron chi connectivity index (χ2n) is 10.3. The average molecular weight is 589 g/mol. The highest BCUT2D eigenvalue weighted by Crippen LogP contribution is 2.31. The van der Waals surface area contributed by atoms with Gasteiger partial charge in [-0.1, -0.05) is 27.7 Å². The number of nitrogen functional groups attached to an aromatic ring is 1. The van der Waals surface area contributed by atoms with Crippen molar-refractivity contribution in [2.45, 2.75) is 92.9 Å². The van der Waals surface area contributed by atoms with Gasteiger partial charge in [-0.25, -0.2) is 9.97 Å². The number of anilines is 1. The third-order valence-electron chi connectivity index (χ3n) is 6.37. The molecule has 0 saturated carbocycles. The molecule has 0 unspecified atom stereocenters. The van der Waals surface area contributed by atoms with Crippen molar-refractivity contribution < 1.29 is 23.8 Å². The summed E-state index contributed by atoms with van der Waals surface area (Å²) >= 11 is 0. The molecule has 11 heteroatoms. The van der Waals surface area contributed by atoms with Crippen LogP contribution in [0.3, 0.4) is 0 Å². The second-order valence-corrected chi connectivity index (χ2v) is 10.3. The number of hydrogen-bond acceptors (Lipinski definition) is 9. The Labute approximate surface area is 250 Å². The summed E-state index contributed by atoms with van der Waals surface area (Å²) in [7, 11) is 0. The van der Waals surface area contributed by atoms with Crippen LogP contribution in [0.1, 0.15) is 80.0 Å². The second kappa shape index (κ2) is 19.6. The molecule has 1 amide bonds. The smallest absolute Gasteiger partial charge is 0.293 e. The molecule has 1 aromatic carbocycles. The van der Waals surface area contributed by atoms with E-state index < -0.39 is 0 Å². The summed E-state index contributed by atoms with van der Waals surface area (Å²) < 4.78 is 18.4. The molecule has 0 aliphatic rings. The topological polar surface area (TPSA) is 148 Å². The van der Waals surface area contributed by atoms with E-state index in [0.29, 0.717) is 44.2 Å². The summed E-state index contributed by atoms with van der Waals surface area (Å²) in [5, 5.41) is 0.996. The van der Waals surface area contributed by atoms with Gasteiger partial charge < -0.3 is 35.1 Å². The number of fused-ring (bicyclic) bond motifs is 3. The molecule has 0 atom stereocenters. The SMILES string of the molecule is CCC(C)(C)OC=O.CCCN(C=O)CCCOc1ccc2c(c1)nc(N)c1nc(COCC)n(CCC)c12.CCN. The number of ether oxygens (including phenoxy) is 3. The third-order valence-corrected chi connectivity index (χ3v) is 6.37. The summed E-state index contributed by atoms with van der Waals surface area (Å²) in [6, 6.07) is 5.89. The van der Waals surface area contributed by atoms with Crippen molar-refractivity contribution in [1.82, 2.24) is 19.4 Å². The lowest BCUT2D eigenvalue weighted by molar-refractivity contribution is -0.140. The van der Waals surface area contributed by atoms with Crippen LogP contribution in [0.5, 0.6) is 5.75 Å². The number of rotatable bonds is 16. The van der Waals surface area contributed by atoms with E-state index in [2.05, 4.69) is 23.4 Å². The van der Waals surface area contributed by atoms with E-state index in [4.69, 9.17) is 30.7 Å². The highest BCUT2D eigenvalue weighted by Gasteiger charge is 2.17. The molecule has 4 N–H and O–H groups in total. The first kappa shape index (κ1) is 36.6. The highest BCUT2D eigenvalue weighted by atomic mass is 16.5. The van der Waals surface area contributed by atoms with E-state index >= 15 is 0 Å². The molecule has 0 radical (unpaired) electrons. The molecule has 2 heterocycles. The van der Waals surface area contributed by atoms with Gasteiger partial charge >= 0.3 is 0 Å². The Kier molecular flexibility index (Phi) is 17.1. The zero-order valence-corrected chi connectivity index (χ0v) is 26.6. The number of aryl methyl sites for hydroxylation is 1. The first-order chi connectivity index (χ1) is 20.2. The van der Waals surface area contributed by atoms with Gasteiger partial charge in [-0.3, -0.25) is 9.59 Å².